The van der Waals surface area contributed by atoms with Crippen LogP contribution in [0.15, 0.2) is 31.0 Å². The topological polar surface area (TPSA) is 100 Å². The van der Waals surface area contributed by atoms with Gasteiger partial charge in [-0.3, -0.25) is 14.4 Å². The van der Waals surface area contributed by atoms with Crippen molar-refractivity contribution in [3.05, 3.63) is 36.7 Å². The van der Waals surface area contributed by atoms with E-state index in [-0.39, 0.29) is 12.2 Å². The summed E-state index contributed by atoms with van der Waals surface area (Å²) >= 11 is 0. The van der Waals surface area contributed by atoms with Crippen LogP contribution in [0.5, 0.6) is 0 Å². The Kier molecular flexibility index (Phi) is 4.62. The van der Waals surface area contributed by atoms with Crippen molar-refractivity contribution in [2.75, 3.05) is 18.4 Å². The van der Waals surface area contributed by atoms with E-state index in [2.05, 4.69) is 30.6 Å². The van der Waals surface area contributed by atoms with Crippen molar-refractivity contribution in [3.63, 3.8) is 0 Å². The van der Waals surface area contributed by atoms with Gasteiger partial charge >= 0.3 is 6.18 Å². The van der Waals surface area contributed by atoms with Crippen LogP contribution >= 0.6 is 0 Å². The van der Waals surface area contributed by atoms with Crippen molar-refractivity contribution in [2.45, 2.75) is 30.9 Å². The molecule has 0 radical (unpaired) electrons. The number of hydrogen-bond donors (Lipinski definition) is 3. The lowest BCUT2D eigenvalue weighted by Crippen LogP contribution is -2.40. The molecule has 2 unspecified atom stereocenters. The van der Waals surface area contributed by atoms with Crippen molar-refractivity contribution in [1.29, 1.82) is 0 Å². The molecule has 8 nitrogen and oxygen atoms in total. The maximum atomic E-state index is 13.8. The molecule has 0 aliphatic carbocycles. The number of aromatic nitrogens is 5. The van der Waals surface area contributed by atoms with Crippen LogP contribution < -0.4 is 10.6 Å². The van der Waals surface area contributed by atoms with Gasteiger partial charge in [-0.15, -0.1) is 0 Å². The first-order valence-corrected chi connectivity index (χ1v) is 8.73. The van der Waals surface area contributed by atoms with Crippen LogP contribution in [0.25, 0.3) is 17.0 Å². The predicted octanol–water partition coefficient (Wildman–Crippen LogP) is 1.68. The lowest BCUT2D eigenvalue weighted by molar-refractivity contribution is -0.260. The van der Waals surface area contributed by atoms with E-state index in [4.69, 9.17) is 0 Å². The van der Waals surface area contributed by atoms with Gasteiger partial charge < -0.3 is 15.7 Å². The predicted molar refractivity (Wildman–Crippen MR) is 94.8 cm³/mol. The minimum absolute atomic E-state index is 0.243. The second kappa shape index (κ2) is 6.88. The molecular formula is C17H17F4N7O. The number of aliphatic hydroxyl groups is 1. The molecule has 0 saturated carbocycles. The maximum Gasteiger partial charge on any atom is 0.422 e. The maximum absolute atomic E-state index is 13.8. The summed E-state index contributed by atoms with van der Waals surface area (Å²) in [5, 5.41) is 15.8. The fourth-order valence-corrected chi connectivity index (χ4v) is 3.01. The zero-order chi connectivity index (χ0) is 20.8. The minimum Gasteiger partial charge on any atom is -0.375 e. The molecule has 0 spiro atoms. The molecule has 154 valence electrons. The number of halogens is 4. The van der Waals surface area contributed by atoms with Crippen LogP contribution in [0.2, 0.25) is 0 Å². The number of anilines is 1. The standard InChI is InChI=1S/C17H17F4N7O/c1-16(29,17(19,20)21)13-8-28-12(5-25-15(28)7-24-13)11-4-23-6-14(27-11)26-10-3-22-2-9(10)18/h4-10,22,29H,2-3H2,1H3,(H,26,27)/t9?,10-,16?/m0/s1. The van der Waals surface area contributed by atoms with E-state index in [1.807, 2.05) is 0 Å². The molecule has 4 rings (SSSR count). The van der Waals surface area contributed by atoms with Gasteiger partial charge in [0, 0.05) is 19.3 Å². The largest absolute Gasteiger partial charge is 0.422 e. The van der Waals surface area contributed by atoms with E-state index in [1.54, 1.807) is 0 Å². The van der Waals surface area contributed by atoms with Crippen LogP contribution in [0.3, 0.4) is 0 Å². The first-order chi connectivity index (χ1) is 13.7. The van der Waals surface area contributed by atoms with Crippen molar-refractivity contribution < 1.29 is 22.7 Å². The Morgan fingerprint density at radius 2 is 1.97 bits per heavy atom. The quantitative estimate of drug-likeness (QED) is 0.562. The molecule has 0 amide bonds. The first kappa shape index (κ1) is 19.5. The van der Waals surface area contributed by atoms with Gasteiger partial charge in [-0.1, -0.05) is 0 Å². The van der Waals surface area contributed by atoms with Gasteiger partial charge in [-0.2, -0.15) is 13.2 Å². The van der Waals surface area contributed by atoms with Gasteiger partial charge in [-0.25, -0.2) is 14.4 Å². The number of alkyl halides is 4. The molecule has 12 heteroatoms. The van der Waals surface area contributed by atoms with E-state index < -0.39 is 29.7 Å². The fraction of sp³-hybridized carbons (Fsp3) is 0.412. The normalized spacial score (nSPS) is 22.0. The molecule has 3 aromatic heterocycles. The average Bonchev–Trinajstić information content (AvgIpc) is 3.27. The molecule has 4 heterocycles. The van der Waals surface area contributed by atoms with E-state index in [0.29, 0.717) is 30.7 Å². The number of rotatable bonds is 4. The highest BCUT2D eigenvalue weighted by atomic mass is 19.4. The molecule has 3 N–H and O–H groups in total. The highest BCUT2D eigenvalue weighted by molar-refractivity contribution is 5.60. The van der Waals surface area contributed by atoms with Gasteiger partial charge in [-0.05, 0) is 6.92 Å². The van der Waals surface area contributed by atoms with Gasteiger partial charge in [0.05, 0.1) is 42.2 Å². The molecule has 0 bridgehead atoms. The third-order valence-electron chi connectivity index (χ3n) is 4.82. The highest BCUT2D eigenvalue weighted by Crippen LogP contribution is 2.37. The Morgan fingerprint density at radius 3 is 2.66 bits per heavy atom. The van der Waals surface area contributed by atoms with Crippen LogP contribution in [0, 0.1) is 0 Å². The third kappa shape index (κ3) is 3.49. The summed E-state index contributed by atoms with van der Waals surface area (Å²) in [5.41, 5.74) is -2.79. The highest BCUT2D eigenvalue weighted by Gasteiger charge is 2.52. The summed E-state index contributed by atoms with van der Waals surface area (Å²) in [6.07, 6.45) is 0.463. The summed E-state index contributed by atoms with van der Waals surface area (Å²) in [7, 11) is 0. The molecule has 1 fully saturated rings. The Bertz CT molecular complexity index is 1040. The number of fused-ring (bicyclic) bond motifs is 1. The zero-order valence-corrected chi connectivity index (χ0v) is 15.2. The Hall–Kier alpha value is -2.86. The molecular weight excluding hydrogens is 394 g/mol. The molecule has 0 aromatic carbocycles. The first-order valence-electron chi connectivity index (χ1n) is 8.73. The fourth-order valence-electron chi connectivity index (χ4n) is 3.01. The van der Waals surface area contributed by atoms with Crippen LogP contribution in [-0.2, 0) is 5.60 Å². The van der Waals surface area contributed by atoms with Gasteiger partial charge in [0.15, 0.2) is 5.65 Å². The summed E-state index contributed by atoms with van der Waals surface area (Å²) in [6, 6.07) is -0.459. The Morgan fingerprint density at radius 1 is 1.17 bits per heavy atom. The molecule has 29 heavy (non-hydrogen) atoms. The summed E-state index contributed by atoms with van der Waals surface area (Å²) in [6.45, 7) is 1.31. The zero-order valence-electron chi connectivity index (χ0n) is 15.2. The van der Waals surface area contributed by atoms with E-state index in [9.17, 15) is 22.7 Å². The molecule has 1 aliphatic rings. The smallest absolute Gasteiger partial charge is 0.375 e. The van der Waals surface area contributed by atoms with Crippen molar-refractivity contribution in [1.82, 2.24) is 29.7 Å². The average molecular weight is 411 g/mol. The minimum atomic E-state index is -4.91. The number of nitrogens with zero attached hydrogens (tertiary/aromatic N) is 5. The summed E-state index contributed by atoms with van der Waals surface area (Å²) in [4.78, 5) is 16.2. The van der Waals surface area contributed by atoms with E-state index in [0.717, 1.165) is 12.4 Å². The number of nitrogens with one attached hydrogen (secondary N) is 2. The van der Waals surface area contributed by atoms with E-state index in [1.165, 1.54) is 23.0 Å². The van der Waals surface area contributed by atoms with Crippen LogP contribution in [0.4, 0.5) is 23.4 Å². The van der Waals surface area contributed by atoms with Crippen LogP contribution in [-0.4, -0.2) is 60.9 Å². The number of hydrogen-bond acceptors (Lipinski definition) is 7. The van der Waals surface area contributed by atoms with Crippen LogP contribution in [0.1, 0.15) is 12.6 Å². The number of imidazole rings is 1. The monoisotopic (exact) mass is 411 g/mol. The van der Waals surface area contributed by atoms with Crippen molar-refractivity contribution >= 4 is 11.5 Å². The molecule has 1 saturated heterocycles. The van der Waals surface area contributed by atoms with Crippen molar-refractivity contribution in [3.8, 4) is 11.4 Å². The van der Waals surface area contributed by atoms with Gasteiger partial charge in [0.2, 0.25) is 5.60 Å². The third-order valence-corrected chi connectivity index (χ3v) is 4.82. The second-order valence-corrected chi connectivity index (χ2v) is 6.93. The van der Waals surface area contributed by atoms with Crippen molar-refractivity contribution in [2.24, 2.45) is 0 Å². The molecule has 3 aromatic rings. The molecule has 3 atom stereocenters. The SMILES string of the molecule is CC(O)(c1cn2c(-c3cncc(N[C@H]4CNCC4F)n3)cnc2cn1)C(F)(F)F. The Labute approximate surface area is 162 Å². The lowest BCUT2D eigenvalue weighted by Gasteiger charge is -2.25. The van der Waals surface area contributed by atoms with Gasteiger partial charge in [0.1, 0.15) is 17.7 Å². The van der Waals surface area contributed by atoms with Gasteiger partial charge in [0.25, 0.3) is 0 Å². The second-order valence-electron chi connectivity index (χ2n) is 6.93. The van der Waals surface area contributed by atoms with E-state index >= 15 is 0 Å². The Balaban J connectivity index is 1.71. The lowest BCUT2D eigenvalue weighted by atomic mass is 10.0. The molecule has 1 aliphatic heterocycles. The summed E-state index contributed by atoms with van der Waals surface area (Å²) < 4.78 is 54.6. The summed E-state index contributed by atoms with van der Waals surface area (Å²) in [5.74, 6) is 0.324.